The molecule has 0 amide bonds. The quantitative estimate of drug-likeness (QED) is 0.0238. The van der Waals surface area contributed by atoms with Gasteiger partial charge in [0.1, 0.15) is 45.7 Å². The van der Waals surface area contributed by atoms with Gasteiger partial charge in [0, 0.05) is 32.3 Å². The van der Waals surface area contributed by atoms with Crippen molar-refractivity contribution in [3.63, 3.8) is 0 Å². The molecule has 0 aliphatic carbocycles. The smallest absolute Gasteiger partial charge is 0.294 e. The van der Waals surface area contributed by atoms with Crippen LogP contribution in [0.1, 0.15) is 0 Å². The van der Waals surface area contributed by atoms with Crippen molar-refractivity contribution >= 4 is 129 Å². The van der Waals surface area contributed by atoms with Gasteiger partial charge in [-0.2, -0.15) is 54.1 Å². The highest BCUT2D eigenvalue weighted by Gasteiger charge is 2.29. The third kappa shape index (κ3) is 13.6. The van der Waals surface area contributed by atoms with Crippen molar-refractivity contribution in [2.75, 3.05) is 0 Å². The van der Waals surface area contributed by atoms with Crippen molar-refractivity contribution in [3.05, 3.63) is 243 Å². The van der Waals surface area contributed by atoms with E-state index >= 15 is 0 Å². The fourth-order valence-electron chi connectivity index (χ4n) is 10.3. The minimum absolute atomic E-state index is 0.0240. The Kier molecular flexibility index (Phi) is 16.9. The van der Waals surface area contributed by atoms with Crippen molar-refractivity contribution in [2.24, 2.45) is 40.9 Å². The molecule has 0 aliphatic rings. The average Bonchev–Trinajstić information content (AvgIpc) is 0.697. The van der Waals surface area contributed by atoms with E-state index in [9.17, 15) is 51.9 Å². The van der Waals surface area contributed by atoms with Gasteiger partial charge in [0.2, 0.25) is 0 Å². The summed E-state index contributed by atoms with van der Waals surface area (Å²) in [5, 5.41) is 37.4. The number of hydrogen-bond donors (Lipinski definition) is 4. The lowest BCUT2D eigenvalue weighted by atomic mass is 9.88. The normalized spacial score (nSPS) is 12.5. The zero-order valence-electron chi connectivity index (χ0n) is 49.0. The van der Waals surface area contributed by atoms with Gasteiger partial charge in [-0.15, -0.1) is 20.5 Å². The monoisotopic (exact) mass is 1360 g/mol. The van der Waals surface area contributed by atoms with E-state index in [1.807, 2.05) is 0 Å². The molecule has 476 valence electrons. The molecule has 0 bridgehead atoms. The van der Waals surface area contributed by atoms with E-state index in [0.717, 1.165) is 48.5 Å². The minimum Gasteiger partial charge on any atom is -0.454 e. The van der Waals surface area contributed by atoms with Crippen LogP contribution in [0.2, 0.25) is 0 Å². The summed E-state index contributed by atoms with van der Waals surface area (Å²) in [7, 11) is -19.4. The van der Waals surface area contributed by atoms with Crippen LogP contribution in [0.3, 0.4) is 0 Å². The van der Waals surface area contributed by atoms with E-state index in [4.69, 9.17) is 18.9 Å². The second-order valence-corrected chi connectivity index (χ2v) is 26.6. The average molecular weight is 1360 g/mol. The summed E-state index contributed by atoms with van der Waals surface area (Å²) in [6.07, 6.45) is 0. The maximum absolute atomic E-state index is 12.7. The molecule has 0 spiro atoms. The lowest BCUT2D eigenvalue weighted by Crippen LogP contribution is -2.00. The molecule has 0 fully saturated rings. The molecule has 0 atom stereocenters. The highest BCUT2D eigenvalue weighted by molar-refractivity contribution is 7.86. The van der Waals surface area contributed by atoms with Crippen LogP contribution in [0.25, 0.3) is 43.1 Å². The lowest BCUT2D eigenvalue weighted by Gasteiger charge is -2.23. The van der Waals surface area contributed by atoms with E-state index in [1.54, 1.807) is 170 Å². The van der Waals surface area contributed by atoms with Crippen molar-refractivity contribution in [1.29, 1.82) is 0 Å². The predicted octanol–water partition coefficient (Wildman–Crippen LogP) is 19.6. The number of fused-ring (bicyclic) bond motifs is 2. The van der Waals surface area contributed by atoms with Crippen LogP contribution >= 0.6 is 0 Å². The Bertz CT molecular complexity index is 5130. The molecule has 13 rings (SSSR count). The van der Waals surface area contributed by atoms with Gasteiger partial charge >= 0.3 is 0 Å². The summed E-state index contributed by atoms with van der Waals surface area (Å²) in [6.45, 7) is 0. The second-order valence-electron chi connectivity index (χ2n) is 20.9. The molecule has 13 aromatic carbocycles. The van der Waals surface area contributed by atoms with Crippen molar-refractivity contribution < 1.29 is 70.8 Å². The van der Waals surface area contributed by atoms with Crippen molar-refractivity contribution in [1.82, 2.24) is 0 Å². The van der Waals surface area contributed by atoms with Crippen LogP contribution in [0.4, 0.5) is 45.5 Å². The molecular formula is C68H44N8O16S4. The van der Waals surface area contributed by atoms with Crippen molar-refractivity contribution in [3.8, 4) is 46.0 Å². The molecule has 24 nitrogen and oxygen atoms in total. The first-order valence-corrected chi connectivity index (χ1v) is 34.1. The first-order chi connectivity index (χ1) is 46.1. The third-order valence-electron chi connectivity index (χ3n) is 14.6. The number of benzene rings is 13. The lowest BCUT2D eigenvalue weighted by molar-refractivity contribution is 0.476. The van der Waals surface area contributed by atoms with Gasteiger partial charge in [-0.1, -0.05) is 97.1 Å². The fourth-order valence-corrected chi connectivity index (χ4v) is 12.3. The summed E-state index contributed by atoms with van der Waals surface area (Å²) < 4.78 is 171. The number of azo groups is 4. The van der Waals surface area contributed by atoms with E-state index in [1.165, 1.54) is 24.3 Å². The number of rotatable bonds is 20. The van der Waals surface area contributed by atoms with E-state index in [0.29, 0.717) is 44.3 Å². The van der Waals surface area contributed by atoms with Crippen molar-refractivity contribution in [2.45, 2.75) is 19.6 Å². The summed E-state index contributed by atoms with van der Waals surface area (Å²) in [6, 6.07) is 60.9. The molecule has 0 radical (unpaired) electrons. The van der Waals surface area contributed by atoms with Gasteiger partial charge in [0.05, 0.1) is 42.3 Å². The maximum Gasteiger partial charge on any atom is 0.294 e. The van der Waals surface area contributed by atoms with Gasteiger partial charge in [-0.05, 0) is 156 Å². The van der Waals surface area contributed by atoms with Gasteiger partial charge in [-0.25, -0.2) is 0 Å². The maximum atomic E-state index is 12.7. The highest BCUT2D eigenvalue weighted by atomic mass is 32.2. The van der Waals surface area contributed by atoms with Crippen LogP contribution < -0.4 is 18.9 Å². The molecule has 0 aromatic heterocycles. The summed E-state index contributed by atoms with van der Waals surface area (Å²) in [4.78, 5) is -2.19. The Morgan fingerprint density at radius 2 is 0.417 bits per heavy atom. The SMILES string of the molecule is O=S(=O)(O)c1ccc(Oc2ccc3ccc(Oc4ccc(S(=O)(=O)O)cc4N=Nc4ccccc4)c4c5c(Oc6ccc(S(=O)(=O)O)cc6N=Nc6ccccc6)ccc6ccc(Oc7ccc(S(=O)(=O)O)cc7N=Nc7ccccc7)c(c2c34)c65)c(N=Nc2ccccc2)c1. The highest BCUT2D eigenvalue weighted by Crippen LogP contribution is 2.56. The van der Waals surface area contributed by atoms with Crippen LogP contribution in [-0.4, -0.2) is 51.9 Å². The van der Waals surface area contributed by atoms with Crippen LogP contribution in [0.5, 0.6) is 46.0 Å². The first-order valence-electron chi connectivity index (χ1n) is 28.3. The standard InChI is InChI=1S/C68H44N8O16S4/c77-93(78,79)47-25-33-55(51(37-47)73-69-43-13-5-1-6-14-43)89-59-29-21-41-22-31-61(91-57-35-27-49(95(83,84)85)39-53(57)75-71-45-17-9-3-10-18-45)67-63(41)65(59)66-60(90-56-34-26-48(94(80,81)82)38-52(56)74-70-44-15-7-2-8-16-44)30-23-42-24-32-62(68(67)64(42)66)92-58-36-28-50(96(86,87)88)40-54(58)76-72-46-19-11-4-12-20-46/h1-40H,(H,77,78,79)(H,80,81,82)(H,83,84,85)(H,86,87,88). The molecular weight excluding hydrogens is 1310 g/mol. The Labute approximate surface area is 545 Å². The number of hydrogen-bond acceptors (Lipinski definition) is 20. The third-order valence-corrected chi connectivity index (χ3v) is 18.0. The van der Waals surface area contributed by atoms with Crippen LogP contribution in [-0.2, 0) is 40.5 Å². The number of ether oxygens (including phenoxy) is 4. The summed E-state index contributed by atoms with van der Waals surface area (Å²) in [5.41, 5.74) is 0.798. The Morgan fingerprint density at radius 1 is 0.219 bits per heavy atom. The Morgan fingerprint density at radius 3 is 0.615 bits per heavy atom. The molecule has 4 N–H and O–H groups in total. The molecule has 28 heteroatoms. The van der Waals surface area contributed by atoms with Crippen LogP contribution in [0.15, 0.2) is 303 Å². The molecule has 0 saturated heterocycles. The van der Waals surface area contributed by atoms with Crippen LogP contribution in [0, 0.1) is 0 Å². The largest absolute Gasteiger partial charge is 0.454 e. The topological polar surface area (TPSA) is 353 Å². The molecule has 13 aromatic rings. The predicted molar refractivity (Wildman–Crippen MR) is 355 cm³/mol. The summed E-state index contributed by atoms with van der Waals surface area (Å²) in [5.74, 6) is -0.269. The van der Waals surface area contributed by atoms with E-state index in [-0.39, 0.29) is 90.3 Å². The first kappa shape index (κ1) is 63.2. The Hall–Kier alpha value is -11.6. The zero-order valence-corrected chi connectivity index (χ0v) is 52.3. The van der Waals surface area contributed by atoms with E-state index < -0.39 is 60.1 Å². The molecule has 96 heavy (non-hydrogen) atoms. The molecule has 0 unspecified atom stereocenters. The molecule has 0 aliphatic heterocycles. The second kappa shape index (κ2) is 25.7. The van der Waals surface area contributed by atoms with E-state index in [2.05, 4.69) is 40.9 Å². The summed E-state index contributed by atoms with van der Waals surface area (Å²) >= 11 is 0. The van der Waals surface area contributed by atoms with Gasteiger partial charge in [-0.3, -0.25) is 18.2 Å². The Balaban J connectivity index is 1.13. The van der Waals surface area contributed by atoms with Gasteiger partial charge < -0.3 is 18.9 Å². The van der Waals surface area contributed by atoms with Gasteiger partial charge in [0.15, 0.2) is 23.0 Å². The fraction of sp³-hybridized carbons (Fsp3) is 0. The van der Waals surface area contributed by atoms with Gasteiger partial charge in [0.25, 0.3) is 40.5 Å². The zero-order chi connectivity index (χ0) is 66.9. The molecule has 0 saturated carbocycles. The minimum atomic E-state index is -4.85. The number of nitrogens with zero attached hydrogens (tertiary/aromatic N) is 8. The molecule has 0 heterocycles.